The Morgan fingerprint density at radius 1 is 1.20 bits per heavy atom. The van der Waals surface area contributed by atoms with E-state index in [-0.39, 0.29) is 11.0 Å². The number of carbonyl (C=O) groups excluding carboxylic acids is 1. The van der Waals surface area contributed by atoms with E-state index in [1.165, 1.54) is 11.8 Å². The fourth-order valence-electron chi connectivity index (χ4n) is 1.59. The van der Waals surface area contributed by atoms with Gasteiger partial charge in [0.2, 0.25) is 0 Å². The Hall–Kier alpha value is -0.740. The highest BCUT2D eigenvalue weighted by molar-refractivity contribution is 8.00. The Balaban J connectivity index is 2.19. The summed E-state index contributed by atoms with van der Waals surface area (Å²) >= 11 is 19.2. The van der Waals surface area contributed by atoms with E-state index >= 15 is 0 Å². The monoisotopic (exact) mass is 345 g/mol. The number of aromatic nitrogens is 1. The van der Waals surface area contributed by atoms with Crippen molar-refractivity contribution in [1.29, 1.82) is 0 Å². The first-order valence-corrected chi connectivity index (χ1v) is 7.77. The predicted molar refractivity (Wildman–Crippen MR) is 85.4 cm³/mol. The molecule has 0 aliphatic rings. The molecule has 2 nitrogen and oxygen atoms in total. The molecular formula is C14H10Cl3NOS. The first-order valence-electron chi connectivity index (χ1n) is 5.75. The van der Waals surface area contributed by atoms with Gasteiger partial charge in [-0.25, -0.2) is 4.98 Å². The van der Waals surface area contributed by atoms with Gasteiger partial charge >= 0.3 is 0 Å². The van der Waals surface area contributed by atoms with Gasteiger partial charge in [0.15, 0.2) is 5.78 Å². The van der Waals surface area contributed by atoms with Gasteiger partial charge in [0.25, 0.3) is 0 Å². The number of benzene rings is 1. The van der Waals surface area contributed by atoms with Crippen LogP contribution in [-0.2, 0) is 0 Å². The number of rotatable bonds is 4. The minimum atomic E-state index is -0.346. The Morgan fingerprint density at radius 3 is 2.60 bits per heavy atom. The SMILES string of the molecule is CC(Sc1ncccc1Cl)C(=O)c1ccc(Cl)cc1Cl. The average Bonchev–Trinajstić information content (AvgIpc) is 2.40. The summed E-state index contributed by atoms with van der Waals surface area (Å²) in [6.45, 7) is 1.79. The van der Waals surface area contributed by atoms with Gasteiger partial charge in [-0.15, -0.1) is 0 Å². The van der Waals surface area contributed by atoms with Crippen molar-refractivity contribution < 1.29 is 4.79 Å². The molecule has 0 saturated heterocycles. The Bertz CT molecular complexity index is 648. The first kappa shape index (κ1) is 15.6. The number of hydrogen-bond acceptors (Lipinski definition) is 3. The van der Waals surface area contributed by atoms with Crippen molar-refractivity contribution in [3.8, 4) is 0 Å². The van der Waals surface area contributed by atoms with Crippen LogP contribution in [0.25, 0.3) is 0 Å². The fourth-order valence-corrected chi connectivity index (χ4v) is 3.22. The molecule has 2 rings (SSSR count). The van der Waals surface area contributed by atoms with Crippen molar-refractivity contribution in [2.24, 2.45) is 0 Å². The molecule has 1 heterocycles. The number of thioether (sulfide) groups is 1. The standard InChI is InChI=1S/C14H10Cl3NOS/c1-8(20-14-11(16)3-2-6-18-14)13(19)10-5-4-9(15)7-12(10)17/h2-8H,1H3. The molecule has 0 bridgehead atoms. The van der Waals surface area contributed by atoms with Crippen molar-refractivity contribution in [3.63, 3.8) is 0 Å². The molecule has 0 radical (unpaired) electrons. The van der Waals surface area contributed by atoms with E-state index in [1.807, 2.05) is 0 Å². The lowest BCUT2D eigenvalue weighted by atomic mass is 10.1. The molecule has 1 aromatic carbocycles. The molecule has 0 fully saturated rings. The zero-order chi connectivity index (χ0) is 14.7. The summed E-state index contributed by atoms with van der Waals surface area (Å²) in [7, 11) is 0. The zero-order valence-electron chi connectivity index (χ0n) is 10.4. The third kappa shape index (κ3) is 3.67. The van der Waals surface area contributed by atoms with Crippen LogP contribution < -0.4 is 0 Å². The lowest BCUT2D eigenvalue weighted by Crippen LogP contribution is -2.14. The second-order valence-corrected chi connectivity index (χ2v) is 6.62. The molecule has 1 aromatic heterocycles. The van der Waals surface area contributed by atoms with Crippen LogP contribution in [0, 0.1) is 0 Å². The van der Waals surface area contributed by atoms with Crippen LogP contribution in [-0.4, -0.2) is 16.0 Å². The summed E-state index contributed by atoms with van der Waals surface area (Å²) in [5.41, 5.74) is 0.447. The lowest BCUT2D eigenvalue weighted by Gasteiger charge is -2.11. The smallest absolute Gasteiger partial charge is 0.177 e. The van der Waals surface area contributed by atoms with Crippen molar-refractivity contribution in [1.82, 2.24) is 4.98 Å². The number of nitrogens with zero attached hydrogens (tertiary/aromatic N) is 1. The van der Waals surface area contributed by atoms with E-state index < -0.39 is 0 Å². The molecule has 1 atom stereocenters. The third-order valence-corrected chi connectivity index (χ3v) is 4.66. The van der Waals surface area contributed by atoms with E-state index in [0.29, 0.717) is 25.7 Å². The Labute approximate surface area is 136 Å². The van der Waals surface area contributed by atoms with Crippen LogP contribution in [0.2, 0.25) is 15.1 Å². The average molecular weight is 347 g/mol. The van der Waals surface area contributed by atoms with Crippen molar-refractivity contribution in [2.75, 3.05) is 0 Å². The molecule has 0 amide bonds. The lowest BCUT2D eigenvalue weighted by molar-refractivity contribution is 0.0994. The number of Topliss-reactive ketones (excluding diaryl/α,β-unsaturated/α-hetero) is 1. The minimum absolute atomic E-state index is 0.0848. The van der Waals surface area contributed by atoms with Crippen molar-refractivity contribution in [2.45, 2.75) is 17.2 Å². The number of carbonyl (C=O) groups is 1. The van der Waals surface area contributed by atoms with Crippen LogP contribution in [0.15, 0.2) is 41.6 Å². The van der Waals surface area contributed by atoms with E-state index in [0.717, 1.165) is 0 Å². The molecule has 0 aliphatic heterocycles. The zero-order valence-corrected chi connectivity index (χ0v) is 13.5. The summed E-state index contributed by atoms with van der Waals surface area (Å²) in [6, 6.07) is 8.32. The molecule has 20 heavy (non-hydrogen) atoms. The highest BCUT2D eigenvalue weighted by Crippen LogP contribution is 2.31. The molecule has 0 aliphatic carbocycles. The van der Waals surface area contributed by atoms with Gasteiger partial charge in [-0.05, 0) is 37.3 Å². The van der Waals surface area contributed by atoms with Crippen LogP contribution in [0.5, 0.6) is 0 Å². The fraction of sp³-hybridized carbons (Fsp3) is 0.143. The molecule has 1 unspecified atom stereocenters. The number of ketones is 1. The van der Waals surface area contributed by atoms with Gasteiger partial charge in [0, 0.05) is 16.8 Å². The van der Waals surface area contributed by atoms with Crippen LogP contribution >= 0.6 is 46.6 Å². The number of hydrogen-bond donors (Lipinski definition) is 0. The van der Waals surface area contributed by atoms with E-state index in [1.54, 1.807) is 43.5 Å². The van der Waals surface area contributed by atoms with Crippen molar-refractivity contribution >= 4 is 52.3 Å². The topological polar surface area (TPSA) is 30.0 Å². The van der Waals surface area contributed by atoms with Crippen molar-refractivity contribution in [3.05, 3.63) is 57.2 Å². The maximum Gasteiger partial charge on any atom is 0.177 e. The molecule has 0 N–H and O–H groups in total. The van der Waals surface area contributed by atoms with Gasteiger partial charge in [0.1, 0.15) is 5.03 Å². The van der Waals surface area contributed by atoms with Gasteiger partial charge in [0.05, 0.1) is 15.3 Å². The molecule has 104 valence electrons. The van der Waals surface area contributed by atoms with Crippen LogP contribution in [0.3, 0.4) is 0 Å². The summed E-state index contributed by atoms with van der Waals surface area (Å²) < 4.78 is 0. The van der Waals surface area contributed by atoms with E-state index in [2.05, 4.69) is 4.98 Å². The largest absolute Gasteiger partial charge is 0.293 e. The van der Waals surface area contributed by atoms with E-state index in [9.17, 15) is 4.79 Å². The highest BCUT2D eigenvalue weighted by atomic mass is 35.5. The third-order valence-electron chi connectivity index (χ3n) is 2.58. The van der Waals surface area contributed by atoms with Crippen LogP contribution in [0.4, 0.5) is 0 Å². The van der Waals surface area contributed by atoms with Gasteiger partial charge in [-0.3, -0.25) is 4.79 Å². The molecule has 0 spiro atoms. The highest BCUT2D eigenvalue weighted by Gasteiger charge is 2.20. The molecular weight excluding hydrogens is 337 g/mol. The van der Waals surface area contributed by atoms with E-state index in [4.69, 9.17) is 34.8 Å². The second-order valence-electron chi connectivity index (χ2n) is 4.04. The minimum Gasteiger partial charge on any atom is -0.293 e. The van der Waals surface area contributed by atoms with Gasteiger partial charge in [-0.1, -0.05) is 46.6 Å². The van der Waals surface area contributed by atoms with Gasteiger partial charge < -0.3 is 0 Å². The Morgan fingerprint density at radius 2 is 1.95 bits per heavy atom. The summed E-state index contributed by atoms with van der Waals surface area (Å²) in [6.07, 6.45) is 1.64. The Kier molecular flexibility index (Phi) is 5.33. The predicted octanol–water partition coefficient (Wildman–Crippen LogP) is 5.41. The summed E-state index contributed by atoms with van der Waals surface area (Å²) in [4.78, 5) is 16.5. The number of halogens is 3. The maximum atomic E-state index is 12.4. The van der Waals surface area contributed by atoms with Gasteiger partial charge in [-0.2, -0.15) is 0 Å². The van der Waals surface area contributed by atoms with Crippen LogP contribution in [0.1, 0.15) is 17.3 Å². The number of pyridine rings is 1. The summed E-state index contributed by atoms with van der Waals surface area (Å²) in [5.74, 6) is -0.0848. The molecule has 6 heteroatoms. The quantitative estimate of drug-likeness (QED) is 0.548. The molecule has 2 aromatic rings. The summed E-state index contributed by atoms with van der Waals surface area (Å²) in [5, 5.41) is 1.65. The second kappa shape index (κ2) is 6.81. The first-order chi connectivity index (χ1) is 9.49. The normalized spacial score (nSPS) is 12.2. The maximum absolute atomic E-state index is 12.4. The molecule has 0 saturated carbocycles.